The van der Waals surface area contributed by atoms with Crippen LogP contribution in [0.15, 0.2) is 0 Å². The molecule has 0 bridgehead atoms. The summed E-state index contributed by atoms with van der Waals surface area (Å²) in [5, 5.41) is 2.78. The maximum Gasteiger partial charge on any atom is 0.237 e. The summed E-state index contributed by atoms with van der Waals surface area (Å²) >= 11 is 1.72. The fraction of sp³-hybridized carbons (Fsp3) is 0.900. The average molecular weight is 282 g/mol. The Balaban J connectivity index is 3.97. The van der Waals surface area contributed by atoms with Gasteiger partial charge in [-0.2, -0.15) is 11.8 Å². The lowest BCUT2D eigenvalue weighted by molar-refractivity contribution is -0.123. The van der Waals surface area contributed by atoms with Crippen LogP contribution >= 0.6 is 11.8 Å². The Morgan fingerprint density at radius 3 is 2.47 bits per heavy atom. The van der Waals surface area contributed by atoms with E-state index in [0.29, 0.717) is 0 Å². The summed E-state index contributed by atoms with van der Waals surface area (Å²) in [4.78, 5) is 11.6. The largest absolute Gasteiger partial charge is 0.352 e. The first-order chi connectivity index (χ1) is 7.76. The van der Waals surface area contributed by atoms with E-state index in [9.17, 15) is 13.2 Å². The van der Waals surface area contributed by atoms with Crippen LogP contribution < -0.4 is 11.1 Å². The Morgan fingerprint density at radius 1 is 1.41 bits per heavy atom. The lowest BCUT2D eigenvalue weighted by Crippen LogP contribution is -2.45. The summed E-state index contributed by atoms with van der Waals surface area (Å²) in [5.41, 5.74) is 5.62. The Hall–Kier alpha value is -0.270. The minimum Gasteiger partial charge on any atom is -0.352 e. The quantitative estimate of drug-likeness (QED) is 0.654. The van der Waals surface area contributed by atoms with Gasteiger partial charge in [0.1, 0.15) is 9.84 Å². The van der Waals surface area contributed by atoms with Gasteiger partial charge in [-0.05, 0) is 31.8 Å². The first-order valence-electron chi connectivity index (χ1n) is 5.49. The lowest BCUT2D eigenvalue weighted by atomic mass is 10.2. The average Bonchev–Trinajstić information content (AvgIpc) is 2.21. The van der Waals surface area contributed by atoms with Crippen LogP contribution in [-0.2, 0) is 14.6 Å². The standard InChI is InChI=1S/C10H22N2O3S2/c1-8(4-6-16-2)12-10(13)9(11)5-7-17(3,14)15/h8-9H,4-7,11H2,1-3H3,(H,12,13). The molecular weight excluding hydrogens is 260 g/mol. The Bertz CT molecular complexity index is 330. The van der Waals surface area contributed by atoms with E-state index >= 15 is 0 Å². The van der Waals surface area contributed by atoms with E-state index < -0.39 is 15.9 Å². The van der Waals surface area contributed by atoms with Gasteiger partial charge in [0.25, 0.3) is 0 Å². The summed E-state index contributed by atoms with van der Waals surface area (Å²) in [6.07, 6.45) is 4.19. The zero-order valence-corrected chi connectivity index (χ0v) is 12.2. The molecule has 0 saturated carbocycles. The molecule has 0 aliphatic carbocycles. The van der Waals surface area contributed by atoms with Crippen LogP contribution in [0, 0.1) is 0 Å². The maximum absolute atomic E-state index is 11.6. The van der Waals surface area contributed by atoms with Crippen molar-refractivity contribution in [2.75, 3.05) is 24.0 Å². The van der Waals surface area contributed by atoms with Gasteiger partial charge in [-0.1, -0.05) is 0 Å². The molecule has 0 aliphatic rings. The molecule has 3 N–H and O–H groups in total. The molecule has 2 unspecified atom stereocenters. The second kappa shape index (κ2) is 7.94. The Kier molecular flexibility index (Phi) is 7.82. The molecule has 0 aliphatic heterocycles. The van der Waals surface area contributed by atoms with Crippen molar-refractivity contribution in [2.24, 2.45) is 5.73 Å². The van der Waals surface area contributed by atoms with E-state index in [4.69, 9.17) is 5.73 Å². The predicted molar refractivity (Wildman–Crippen MR) is 72.9 cm³/mol. The van der Waals surface area contributed by atoms with Gasteiger partial charge in [0.05, 0.1) is 11.8 Å². The molecule has 0 aromatic carbocycles. The molecule has 0 heterocycles. The first-order valence-corrected chi connectivity index (χ1v) is 8.94. The van der Waals surface area contributed by atoms with Gasteiger partial charge < -0.3 is 11.1 Å². The molecule has 102 valence electrons. The molecule has 0 rings (SSSR count). The second-order valence-corrected chi connectivity index (χ2v) is 7.46. The van der Waals surface area contributed by atoms with Crippen molar-refractivity contribution in [1.82, 2.24) is 5.32 Å². The summed E-state index contributed by atoms with van der Waals surface area (Å²) in [7, 11) is -3.06. The highest BCUT2D eigenvalue weighted by atomic mass is 32.2. The van der Waals surface area contributed by atoms with Crippen LogP contribution in [0.4, 0.5) is 0 Å². The number of hydrogen-bond donors (Lipinski definition) is 2. The van der Waals surface area contributed by atoms with E-state index in [0.717, 1.165) is 18.4 Å². The van der Waals surface area contributed by atoms with E-state index in [1.54, 1.807) is 11.8 Å². The minimum absolute atomic E-state index is 0.0548. The summed E-state index contributed by atoms with van der Waals surface area (Å²) < 4.78 is 21.9. The van der Waals surface area contributed by atoms with E-state index in [1.807, 2.05) is 13.2 Å². The Labute approximate surface area is 108 Å². The smallest absolute Gasteiger partial charge is 0.237 e. The van der Waals surface area contributed by atoms with Crippen LogP contribution in [0.1, 0.15) is 19.8 Å². The van der Waals surface area contributed by atoms with Crippen LogP contribution in [0.3, 0.4) is 0 Å². The van der Waals surface area contributed by atoms with Gasteiger partial charge >= 0.3 is 0 Å². The molecule has 0 aromatic heterocycles. The molecular formula is C10H22N2O3S2. The van der Waals surface area contributed by atoms with Gasteiger partial charge in [-0.25, -0.2) is 8.42 Å². The molecule has 2 atom stereocenters. The van der Waals surface area contributed by atoms with Crippen molar-refractivity contribution >= 4 is 27.5 Å². The highest BCUT2D eigenvalue weighted by Gasteiger charge is 2.17. The third-order valence-electron chi connectivity index (χ3n) is 2.28. The molecule has 0 fully saturated rings. The molecule has 0 saturated heterocycles. The third-order valence-corrected chi connectivity index (χ3v) is 3.90. The zero-order chi connectivity index (χ0) is 13.5. The lowest BCUT2D eigenvalue weighted by Gasteiger charge is -2.16. The number of nitrogens with one attached hydrogen (secondary N) is 1. The van der Waals surface area contributed by atoms with Crippen molar-refractivity contribution in [3.8, 4) is 0 Å². The number of carbonyl (C=O) groups is 1. The molecule has 17 heavy (non-hydrogen) atoms. The zero-order valence-electron chi connectivity index (χ0n) is 10.6. The van der Waals surface area contributed by atoms with Gasteiger partial charge in [-0.15, -0.1) is 0 Å². The summed E-state index contributed by atoms with van der Waals surface area (Å²) in [5.74, 6) is 0.642. The van der Waals surface area contributed by atoms with Gasteiger partial charge in [-0.3, -0.25) is 4.79 Å². The molecule has 0 radical (unpaired) electrons. The fourth-order valence-corrected chi connectivity index (χ4v) is 2.46. The number of amides is 1. The minimum atomic E-state index is -3.06. The second-order valence-electron chi connectivity index (χ2n) is 4.22. The van der Waals surface area contributed by atoms with E-state index in [2.05, 4.69) is 5.32 Å². The molecule has 1 amide bonds. The third kappa shape index (κ3) is 9.43. The van der Waals surface area contributed by atoms with Crippen LogP contribution in [0.2, 0.25) is 0 Å². The number of sulfone groups is 1. The topological polar surface area (TPSA) is 89.3 Å². The number of nitrogens with two attached hydrogens (primary N) is 1. The van der Waals surface area contributed by atoms with Crippen LogP contribution in [0.5, 0.6) is 0 Å². The van der Waals surface area contributed by atoms with Crippen LogP contribution in [0.25, 0.3) is 0 Å². The maximum atomic E-state index is 11.6. The van der Waals surface area contributed by atoms with Gasteiger partial charge in [0.2, 0.25) is 5.91 Å². The SMILES string of the molecule is CSCCC(C)NC(=O)C(N)CCS(C)(=O)=O. The van der Waals surface area contributed by atoms with E-state index in [1.165, 1.54) is 0 Å². The predicted octanol–water partition coefficient (Wildman–Crippen LogP) is 0.00620. The highest BCUT2D eigenvalue weighted by molar-refractivity contribution is 7.98. The molecule has 0 spiro atoms. The van der Waals surface area contributed by atoms with Crippen molar-refractivity contribution in [2.45, 2.75) is 31.8 Å². The van der Waals surface area contributed by atoms with Gasteiger partial charge in [0.15, 0.2) is 0 Å². The van der Waals surface area contributed by atoms with Crippen molar-refractivity contribution in [3.63, 3.8) is 0 Å². The fourth-order valence-electron chi connectivity index (χ4n) is 1.19. The van der Waals surface area contributed by atoms with Crippen LogP contribution in [-0.4, -0.2) is 50.4 Å². The molecule has 7 heteroatoms. The number of thioether (sulfide) groups is 1. The molecule has 0 aromatic rings. The first kappa shape index (κ1) is 16.7. The summed E-state index contributed by atoms with van der Waals surface area (Å²) in [6.45, 7) is 1.91. The van der Waals surface area contributed by atoms with E-state index in [-0.39, 0.29) is 24.1 Å². The van der Waals surface area contributed by atoms with Crippen molar-refractivity contribution in [3.05, 3.63) is 0 Å². The van der Waals surface area contributed by atoms with Crippen molar-refractivity contribution in [1.29, 1.82) is 0 Å². The Morgan fingerprint density at radius 2 is 2.00 bits per heavy atom. The highest BCUT2D eigenvalue weighted by Crippen LogP contribution is 2.01. The number of rotatable bonds is 8. The van der Waals surface area contributed by atoms with Crippen molar-refractivity contribution < 1.29 is 13.2 Å². The number of hydrogen-bond acceptors (Lipinski definition) is 5. The molecule has 5 nitrogen and oxygen atoms in total. The summed E-state index contributed by atoms with van der Waals surface area (Å²) in [6, 6.07) is -0.680. The van der Waals surface area contributed by atoms with Gasteiger partial charge in [0, 0.05) is 12.3 Å². The normalized spacial score (nSPS) is 15.3. The monoisotopic (exact) mass is 282 g/mol. The number of carbonyl (C=O) groups excluding carboxylic acids is 1.